The van der Waals surface area contributed by atoms with E-state index in [-0.39, 0.29) is 18.4 Å². The molecular formula is C20H24N2O3. The highest BCUT2D eigenvalue weighted by Crippen LogP contribution is 2.19. The summed E-state index contributed by atoms with van der Waals surface area (Å²) in [6.45, 7) is 2.20. The van der Waals surface area contributed by atoms with Crippen LogP contribution in [0.25, 0.3) is 11.1 Å². The Morgan fingerprint density at radius 3 is 2.24 bits per heavy atom. The topological polar surface area (TPSA) is 78.4 Å². The SMILES string of the molecule is CCC(O)CCNC(=O)CNC(=O)c1ccc(-c2ccccc2)cc1. The van der Waals surface area contributed by atoms with Crippen LogP contribution in [0.4, 0.5) is 0 Å². The van der Waals surface area contributed by atoms with Gasteiger partial charge in [-0.25, -0.2) is 0 Å². The van der Waals surface area contributed by atoms with Crippen LogP contribution in [0.2, 0.25) is 0 Å². The van der Waals surface area contributed by atoms with E-state index in [2.05, 4.69) is 10.6 Å². The Kier molecular flexibility index (Phi) is 7.16. The second-order valence-corrected chi connectivity index (χ2v) is 5.83. The predicted molar refractivity (Wildman–Crippen MR) is 98.1 cm³/mol. The van der Waals surface area contributed by atoms with E-state index >= 15 is 0 Å². The normalized spacial score (nSPS) is 11.6. The van der Waals surface area contributed by atoms with Gasteiger partial charge in [0.2, 0.25) is 5.91 Å². The highest BCUT2D eigenvalue weighted by Gasteiger charge is 2.09. The monoisotopic (exact) mass is 340 g/mol. The third-order valence-electron chi connectivity index (χ3n) is 3.93. The summed E-state index contributed by atoms with van der Waals surface area (Å²) in [5, 5.41) is 14.7. The Morgan fingerprint density at radius 2 is 1.60 bits per heavy atom. The largest absolute Gasteiger partial charge is 0.393 e. The van der Waals surface area contributed by atoms with Crippen molar-refractivity contribution in [1.29, 1.82) is 0 Å². The van der Waals surface area contributed by atoms with Gasteiger partial charge in [-0.05, 0) is 36.1 Å². The van der Waals surface area contributed by atoms with E-state index in [0.29, 0.717) is 24.9 Å². The Balaban J connectivity index is 1.80. The van der Waals surface area contributed by atoms with Crippen molar-refractivity contribution >= 4 is 11.8 Å². The van der Waals surface area contributed by atoms with E-state index in [1.807, 2.05) is 49.4 Å². The molecule has 2 amide bonds. The van der Waals surface area contributed by atoms with Crippen molar-refractivity contribution in [3.05, 3.63) is 60.2 Å². The lowest BCUT2D eigenvalue weighted by Gasteiger charge is -2.10. The average molecular weight is 340 g/mol. The van der Waals surface area contributed by atoms with Gasteiger partial charge in [0.15, 0.2) is 0 Å². The number of aliphatic hydroxyl groups excluding tert-OH is 1. The first kappa shape index (κ1) is 18.7. The van der Waals surface area contributed by atoms with Crippen LogP contribution in [0, 0.1) is 0 Å². The minimum atomic E-state index is -0.405. The second kappa shape index (κ2) is 9.59. The number of hydrogen-bond acceptors (Lipinski definition) is 3. The zero-order chi connectivity index (χ0) is 18.1. The molecule has 0 fully saturated rings. The number of hydrogen-bond donors (Lipinski definition) is 3. The molecule has 2 aromatic carbocycles. The maximum Gasteiger partial charge on any atom is 0.251 e. The molecule has 0 bridgehead atoms. The van der Waals surface area contributed by atoms with Crippen molar-refractivity contribution < 1.29 is 14.7 Å². The Morgan fingerprint density at radius 1 is 0.960 bits per heavy atom. The van der Waals surface area contributed by atoms with E-state index in [1.165, 1.54) is 0 Å². The molecule has 0 aliphatic carbocycles. The third kappa shape index (κ3) is 6.04. The summed E-state index contributed by atoms with van der Waals surface area (Å²) in [6, 6.07) is 17.2. The van der Waals surface area contributed by atoms with E-state index in [4.69, 9.17) is 0 Å². The van der Waals surface area contributed by atoms with Gasteiger partial charge in [0, 0.05) is 12.1 Å². The molecule has 2 rings (SSSR count). The predicted octanol–water partition coefficient (Wildman–Crippen LogP) is 2.36. The van der Waals surface area contributed by atoms with Gasteiger partial charge in [-0.3, -0.25) is 9.59 Å². The van der Waals surface area contributed by atoms with E-state index in [1.54, 1.807) is 12.1 Å². The molecule has 3 N–H and O–H groups in total. The first-order valence-electron chi connectivity index (χ1n) is 8.48. The molecule has 1 unspecified atom stereocenters. The van der Waals surface area contributed by atoms with Gasteiger partial charge in [0.1, 0.15) is 0 Å². The summed E-state index contributed by atoms with van der Waals surface area (Å²) in [5.41, 5.74) is 2.63. The molecule has 0 aliphatic heterocycles. The van der Waals surface area contributed by atoms with Gasteiger partial charge >= 0.3 is 0 Å². The maximum absolute atomic E-state index is 12.1. The number of nitrogens with one attached hydrogen (secondary N) is 2. The summed E-state index contributed by atoms with van der Waals surface area (Å²) in [5.74, 6) is -0.555. The lowest BCUT2D eigenvalue weighted by atomic mass is 10.0. The summed E-state index contributed by atoms with van der Waals surface area (Å²) in [6.07, 6.45) is 0.765. The number of benzene rings is 2. The van der Waals surface area contributed by atoms with E-state index in [0.717, 1.165) is 11.1 Å². The Hall–Kier alpha value is -2.66. The molecule has 0 aliphatic rings. The summed E-state index contributed by atoms with van der Waals surface area (Å²) in [4.78, 5) is 23.8. The van der Waals surface area contributed by atoms with Gasteiger partial charge < -0.3 is 15.7 Å². The smallest absolute Gasteiger partial charge is 0.251 e. The molecule has 0 saturated heterocycles. The third-order valence-corrected chi connectivity index (χ3v) is 3.93. The molecule has 2 aromatic rings. The van der Waals surface area contributed by atoms with Crippen LogP contribution in [0.15, 0.2) is 54.6 Å². The van der Waals surface area contributed by atoms with Crippen LogP contribution < -0.4 is 10.6 Å². The fraction of sp³-hybridized carbons (Fsp3) is 0.300. The number of aliphatic hydroxyl groups is 1. The van der Waals surface area contributed by atoms with Crippen LogP contribution in [-0.4, -0.2) is 36.1 Å². The van der Waals surface area contributed by atoms with Gasteiger partial charge in [-0.2, -0.15) is 0 Å². The molecule has 0 saturated carbocycles. The number of rotatable bonds is 8. The number of carbonyl (C=O) groups is 2. The van der Waals surface area contributed by atoms with Crippen LogP contribution >= 0.6 is 0 Å². The fourth-order valence-electron chi connectivity index (χ4n) is 2.35. The van der Waals surface area contributed by atoms with Gasteiger partial charge in [-0.1, -0.05) is 49.4 Å². The molecule has 0 heterocycles. The standard InChI is InChI=1S/C20H24N2O3/c1-2-18(23)12-13-21-19(24)14-22-20(25)17-10-8-16(9-11-17)15-6-4-3-5-7-15/h3-11,18,23H,2,12-14H2,1H3,(H,21,24)(H,22,25). The van der Waals surface area contributed by atoms with Crippen molar-refractivity contribution in [3.63, 3.8) is 0 Å². The van der Waals surface area contributed by atoms with Crippen molar-refractivity contribution in [3.8, 4) is 11.1 Å². The summed E-state index contributed by atoms with van der Waals surface area (Å²) < 4.78 is 0. The minimum Gasteiger partial charge on any atom is -0.393 e. The molecule has 5 nitrogen and oxygen atoms in total. The van der Waals surface area contributed by atoms with Gasteiger partial charge in [0.25, 0.3) is 5.91 Å². The van der Waals surface area contributed by atoms with E-state index < -0.39 is 6.10 Å². The molecular weight excluding hydrogens is 316 g/mol. The average Bonchev–Trinajstić information content (AvgIpc) is 2.66. The van der Waals surface area contributed by atoms with Crippen LogP contribution in [-0.2, 0) is 4.79 Å². The highest BCUT2D eigenvalue weighted by atomic mass is 16.3. The van der Waals surface area contributed by atoms with Crippen molar-refractivity contribution in [2.24, 2.45) is 0 Å². The Labute approximate surface area is 148 Å². The van der Waals surface area contributed by atoms with Crippen molar-refractivity contribution in [2.45, 2.75) is 25.9 Å². The van der Waals surface area contributed by atoms with Crippen LogP contribution in [0.3, 0.4) is 0 Å². The van der Waals surface area contributed by atoms with Crippen LogP contribution in [0.1, 0.15) is 30.1 Å². The highest BCUT2D eigenvalue weighted by molar-refractivity contribution is 5.96. The molecule has 0 radical (unpaired) electrons. The first-order valence-corrected chi connectivity index (χ1v) is 8.48. The molecule has 5 heteroatoms. The van der Waals surface area contributed by atoms with Gasteiger partial charge in [0.05, 0.1) is 12.6 Å². The summed E-state index contributed by atoms with van der Waals surface area (Å²) >= 11 is 0. The molecule has 0 spiro atoms. The quantitative estimate of drug-likeness (QED) is 0.690. The number of carbonyl (C=O) groups excluding carboxylic acids is 2. The second-order valence-electron chi connectivity index (χ2n) is 5.83. The van der Waals surface area contributed by atoms with Gasteiger partial charge in [-0.15, -0.1) is 0 Å². The number of amides is 2. The van der Waals surface area contributed by atoms with Crippen molar-refractivity contribution in [1.82, 2.24) is 10.6 Å². The maximum atomic E-state index is 12.1. The summed E-state index contributed by atoms with van der Waals surface area (Å²) in [7, 11) is 0. The van der Waals surface area contributed by atoms with Crippen molar-refractivity contribution in [2.75, 3.05) is 13.1 Å². The van der Waals surface area contributed by atoms with Crippen LogP contribution in [0.5, 0.6) is 0 Å². The molecule has 132 valence electrons. The molecule has 25 heavy (non-hydrogen) atoms. The zero-order valence-corrected chi connectivity index (χ0v) is 14.4. The van der Waals surface area contributed by atoms with E-state index in [9.17, 15) is 14.7 Å². The fourth-order valence-corrected chi connectivity index (χ4v) is 2.35. The zero-order valence-electron chi connectivity index (χ0n) is 14.4. The molecule has 0 aromatic heterocycles. The lowest BCUT2D eigenvalue weighted by molar-refractivity contribution is -0.120. The minimum absolute atomic E-state index is 0.0819. The first-order chi connectivity index (χ1) is 12.1. The molecule has 1 atom stereocenters. The lowest BCUT2D eigenvalue weighted by Crippen LogP contribution is -2.37. The Bertz CT molecular complexity index is 684.